The highest BCUT2D eigenvalue weighted by Crippen LogP contribution is 2.21. The molecule has 0 aromatic carbocycles. The van der Waals surface area contributed by atoms with Gasteiger partial charge in [0.05, 0.1) is 5.69 Å². The van der Waals surface area contributed by atoms with E-state index in [1.54, 1.807) is 6.20 Å². The Labute approximate surface area is 132 Å². The van der Waals surface area contributed by atoms with Crippen LogP contribution in [0, 0.1) is 0 Å². The van der Waals surface area contributed by atoms with Crippen molar-refractivity contribution < 1.29 is 9.53 Å². The highest BCUT2D eigenvalue weighted by Gasteiger charge is 2.33. The van der Waals surface area contributed by atoms with Gasteiger partial charge in [-0.05, 0) is 46.6 Å². The fraction of sp³-hybridized carbons (Fsp3) is 0.750. The molecule has 1 aromatic heterocycles. The Morgan fingerprint density at radius 2 is 2.23 bits per heavy atom. The molecule has 1 aliphatic rings. The molecule has 0 aliphatic carbocycles. The van der Waals surface area contributed by atoms with Crippen LogP contribution in [0.15, 0.2) is 12.3 Å². The minimum Gasteiger partial charge on any atom is -0.444 e. The van der Waals surface area contributed by atoms with Crippen molar-refractivity contribution in [1.82, 2.24) is 20.0 Å². The molecule has 2 unspecified atom stereocenters. The summed E-state index contributed by atoms with van der Waals surface area (Å²) >= 11 is 0. The maximum atomic E-state index is 12.3. The molecular formula is C16H28N4O2. The molecule has 1 aliphatic heterocycles. The van der Waals surface area contributed by atoms with Crippen LogP contribution in [0.3, 0.4) is 0 Å². The van der Waals surface area contributed by atoms with E-state index in [9.17, 15) is 4.79 Å². The Balaban J connectivity index is 1.93. The number of amides is 1. The van der Waals surface area contributed by atoms with E-state index in [2.05, 4.69) is 17.3 Å². The molecule has 22 heavy (non-hydrogen) atoms. The number of carbonyl (C=O) groups excluding carboxylic acids is 1. The van der Waals surface area contributed by atoms with E-state index in [-0.39, 0.29) is 18.2 Å². The number of nitrogens with zero attached hydrogens (tertiary/aromatic N) is 3. The number of likely N-dealkylation sites (tertiary alicyclic amines) is 1. The maximum Gasteiger partial charge on any atom is 0.410 e. The summed E-state index contributed by atoms with van der Waals surface area (Å²) in [6.45, 7) is 9.31. The zero-order valence-corrected chi connectivity index (χ0v) is 14.3. The minimum atomic E-state index is -0.452. The van der Waals surface area contributed by atoms with Gasteiger partial charge in [0.2, 0.25) is 0 Å². The van der Waals surface area contributed by atoms with Crippen LogP contribution in [0.1, 0.15) is 46.2 Å². The lowest BCUT2D eigenvalue weighted by Gasteiger charge is -2.40. The van der Waals surface area contributed by atoms with Crippen LogP contribution in [0.5, 0.6) is 0 Å². The fourth-order valence-corrected chi connectivity index (χ4v) is 2.80. The van der Waals surface area contributed by atoms with Gasteiger partial charge in [0.25, 0.3) is 0 Å². The van der Waals surface area contributed by atoms with Crippen molar-refractivity contribution in [3.05, 3.63) is 18.0 Å². The summed E-state index contributed by atoms with van der Waals surface area (Å²) in [6.07, 6.45) is 3.64. The van der Waals surface area contributed by atoms with Crippen LogP contribution < -0.4 is 5.32 Å². The largest absolute Gasteiger partial charge is 0.444 e. The van der Waals surface area contributed by atoms with Gasteiger partial charge in [-0.15, -0.1) is 0 Å². The molecule has 0 saturated carbocycles. The third-order valence-electron chi connectivity index (χ3n) is 4.08. The molecule has 1 amide bonds. The van der Waals surface area contributed by atoms with Crippen LogP contribution in [-0.2, 0) is 18.3 Å². The van der Waals surface area contributed by atoms with Gasteiger partial charge in [0.15, 0.2) is 0 Å². The highest BCUT2D eigenvalue weighted by atomic mass is 16.6. The number of ether oxygens (including phenoxy) is 1. The standard InChI is InChI=1S/C16H28N4O2/c1-12-14(17-11-13-8-9-18-19(13)5)7-6-10-20(12)15(21)22-16(2,3)4/h8-9,12,14,17H,6-7,10-11H2,1-5H3. The Morgan fingerprint density at radius 3 is 2.82 bits per heavy atom. The molecular weight excluding hydrogens is 280 g/mol. The average Bonchev–Trinajstić information content (AvgIpc) is 2.81. The van der Waals surface area contributed by atoms with Crippen molar-refractivity contribution in [3.63, 3.8) is 0 Å². The zero-order valence-electron chi connectivity index (χ0n) is 14.3. The summed E-state index contributed by atoms with van der Waals surface area (Å²) in [4.78, 5) is 14.2. The van der Waals surface area contributed by atoms with E-state index in [0.29, 0.717) is 0 Å². The van der Waals surface area contributed by atoms with E-state index < -0.39 is 5.60 Å². The minimum absolute atomic E-state index is 0.122. The lowest BCUT2D eigenvalue weighted by atomic mass is 9.98. The first-order valence-electron chi connectivity index (χ1n) is 7.98. The van der Waals surface area contributed by atoms with Crippen LogP contribution in [0.4, 0.5) is 4.79 Å². The Morgan fingerprint density at radius 1 is 1.50 bits per heavy atom. The molecule has 2 heterocycles. The van der Waals surface area contributed by atoms with E-state index in [4.69, 9.17) is 4.74 Å². The second-order valence-electron chi connectivity index (χ2n) is 6.99. The van der Waals surface area contributed by atoms with Gasteiger partial charge in [0.1, 0.15) is 5.60 Å². The molecule has 6 nitrogen and oxygen atoms in total. The molecule has 2 rings (SSSR count). The average molecular weight is 308 g/mol. The van der Waals surface area contributed by atoms with Crippen LogP contribution in [-0.4, -0.2) is 45.0 Å². The van der Waals surface area contributed by atoms with Gasteiger partial charge in [-0.1, -0.05) is 0 Å². The Bertz CT molecular complexity index is 506. The van der Waals surface area contributed by atoms with Crippen molar-refractivity contribution >= 4 is 6.09 Å². The number of rotatable bonds is 3. The molecule has 0 radical (unpaired) electrons. The van der Waals surface area contributed by atoms with Gasteiger partial charge in [-0.2, -0.15) is 5.10 Å². The van der Waals surface area contributed by atoms with Crippen molar-refractivity contribution in [2.24, 2.45) is 7.05 Å². The van der Waals surface area contributed by atoms with Crippen LogP contribution >= 0.6 is 0 Å². The number of piperidine rings is 1. The van der Waals surface area contributed by atoms with Gasteiger partial charge in [-0.3, -0.25) is 4.68 Å². The molecule has 0 bridgehead atoms. The summed E-state index contributed by atoms with van der Waals surface area (Å²) in [5.74, 6) is 0. The highest BCUT2D eigenvalue weighted by molar-refractivity contribution is 5.68. The Kier molecular flexibility index (Phi) is 5.11. The fourth-order valence-electron chi connectivity index (χ4n) is 2.80. The molecule has 0 spiro atoms. The first-order chi connectivity index (χ1) is 10.3. The zero-order chi connectivity index (χ0) is 16.3. The van der Waals surface area contributed by atoms with Crippen molar-refractivity contribution in [3.8, 4) is 0 Å². The first-order valence-corrected chi connectivity index (χ1v) is 7.98. The number of carbonyl (C=O) groups is 1. The number of aromatic nitrogens is 2. The van der Waals surface area contributed by atoms with E-state index >= 15 is 0 Å². The lowest BCUT2D eigenvalue weighted by molar-refractivity contribution is 0.00695. The molecule has 1 fully saturated rings. The quantitative estimate of drug-likeness (QED) is 0.931. The van der Waals surface area contributed by atoms with Crippen LogP contribution in [0.25, 0.3) is 0 Å². The summed E-state index contributed by atoms with van der Waals surface area (Å²) in [5.41, 5.74) is 0.688. The number of hydrogen-bond donors (Lipinski definition) is 1. The normalized spacial score (nSPS) is 22.7. The summed E-state index contributed by atoms with van der Waals surface area (Å²) in [6, 6.07) is 2.40. The number of nitrogens with one attached hydrogen (secondary N) is 1. The predicted molar refractivity (Wildman–Crippen MR) is 85.5 cm³/mol. The van der Waals surface area contributed by atoms with Crippen molar-refractivity contribution in [2.45, 2.75) is 64.8 Å². The van der Waals surface area contributed by atoms with E-state index in [1.165, 1.54) is 0 Å². The van der Waals surface area contributed by atoms with Gasteiger partial charge in [0, 0.05) is 38.4 Å². The van der Waals surface area contributed by atoms with E-state index in [0.717, 1.165) is 31.6 Å². The van der Waals surface area contributed by atoms with Gasteiger partial charge >= 0.3 is 6.09 Å². The topological polar surface area (TPSA) is 59.4 Å². The third-order valence-corrected chi connectivity index (χ3v) is 4.08. The second-order valence-corrected chi connectivity index (χ2v) is 6.99. The first kappa shape index (κ1) is 16.8. The molecule has 2 atom stereocenters. The maximum absolute atomic E-state index is 12.3. The lowest BCUT2D eigenvalue weighted by Crippen LogP contribution is -2.55. The third kappa shape index (κ3) is 4.22. The summed E-state index contributed by atoms with van der Waals surface area (Å²) in [5, 5.41) is 7.73. The van der Waals surface area contributed by atoms with Gasteiger partial charge in [-0.25, -0.2) is 4.79 Å². The monoisotopic (exact) mass is 308 g/mol. The number of aryl methyl sites for hydroxylation is 1. The molecule has 6 heteroatoms. The molecule has 1 aromatic rings. The summed E-state index contributed by atoms with van der Waals surface area (Å²) < 4.78 is 7.38. The SMILES string of the molecule is CC1C(NCc2ccnn2C)CCCN1C(=O)OC(C)(C)C. The number of hydrogen-bond acceptors (Lipinski definition) is 4. The van der Waals surface area contributed by atoms with Gasteiger partial charge < -0.3 is 15.0 Å². The smallest absolute Gasteiger partial charge is 0.410 e. The second kappa shape index (κ2) is 6.69. The van der Waals surface area contributed by atoms with E-state index in [1.807, 2.05) is 43.5 Å². The molecule has 124 valence electrons. The van der Waals surface area contributed by atoms with Crippen LogP contribution in [0.2, 0.25) is 0 Å². The molecule has 1 N–H and O–H groups in total. The predicted octanol–water partition coefficient (Wildman–Crippen LogP) is 2.30. The summed E-state index contributed by atoms with van der Waals surface area (Å²) in [7, 11) is 1.94. The van der Waals surface area contributed by atoms with Crippen molar-refractivity contribution in [1.29, 1.82) is 0 Å². The van der Waals surface area contributed by atoms with Crippen molar-refractivity contribution in [2.75, 3.05) is 6.54 Å². The molecule has 1 saturated heterocycles. The Hall–Kier alpha value is -1.56.